The number of hydrazine groups is 1. The molecular formula is C29H39N5O3. The number of aliphatic imine (C=N–C) groups is 1. The van der Waals surface area contributed by atoms with E-state index in [1.807, 2.05) is 42.4 Å². The number of ether oxygens (including phenoxy) is 2. The molecule has 0 spiro atoms. The number of carbonyl (C=O) groups excluding carboxylic acids is 1. The Morgan fingerprint density at radius 3 is 2.70 bits per heavy atom. The van der Waals surface area contributed by atoms with E-state index in [1.54, 1.807) is 7.11 Å². The van der Waals surface area contributed by atoms with Crippen LogP contribution in [0.15, 0.2) is 76.2 Å². The maximum Gasteiger partial charge on any atom is 0.276 e. The van der Waals surface area contributed by atoms with Crippen molar-refractivity contribution < 1.29 is 14.3 Å². The Kier molecular flexibility index (Phi) is 9.19. The Balaban J connectivity index is 1.58. The van der Waals surface area contributed by atoms with E-state index in [4.69, 9.17) is 15.3 Å². The van der Waals surface area contributed by atoms with Crippen LogP contribution in [0.3, 0.4) is 0 Å². The summed E-state index contributed by atoms with van der Waals surface area (Å²) in [6.45, 7) is 7.00. The SMILES string of the molecule is CCC(C)OCC1=C(N(N)c2ccc(OC)cc2)C(=O)N(/C2=C/CC=C(N3C=NCCC3)/C=C\C2)CC1. The molecule has 1 aliphatic carbocycles. The van der Waals surface area contributed by atoms with E-state index < -0.39 is 0 Å². The smallest absolute Gasteiger partial charge is 0.276 e. The van der Waals surface area contributed by atoms with E-state index >= 15 is 0 Å². The van der Waals surface area contributed by atoms with Crippen LogP contribution in [0.1, 0.15) is 46.0 Å². The lowest BCUT2D eigenvalue weighted by Crippen LogP contribution is -2.46. The van der Waals surface area contributed by atoms with Gasteiger partial charge in [-0.25, -0.2) is 5.84 Å². The van der Waals surface area contributed by atoms with Crippen LogP contribution in [0.5, 0.6) is 5.75 Å². The lowest BCUT2D eigenvalue weighted by Gasteiger charge is -2.36. The molecule has 0 saturated heterocycles. The highest BCUT2D eigenvalue weighted by Gasteiger charge is 2.32. The molecule has 1 amide bonds. The average molecular weight is 506 g/mol. The van der Waals surface area contributed by atoms with Crippen LogP contribution in [-0.4, -0.2) is 61.5 Å². The Hall–Kier alpha value is -3.36. The lowest BCUT2D eigenvalue weighted by molar-refractivity contribution is -0.126. The van der Waals surface area contributed by atoms with E-state index in [0.29, 0.717) is 37.4 Å². The predicted octanol–water partition coefficient (Wildman–Crippen LogP) is 4.53. The summed E-state index contributed by atoms with van der Waals surface area (Å²) in [6, 6.07) is 7.41. The van der Waals surface area contributed by atoms with Crippen molar-refractivity contribution in [3.05, 3.63) is 71.2 Å². The van der Waals surface area contributed by atoms with Gasteiger partial charge in [-0.05, 0) is 68.5 Å². The third kappa shape index (κ3) is 6.50. The summed E-state index contributed by atoms with van der Waals surface area (Å²) in [6.07, 6.45) is 14.7. The highest BCUT2D eigenvalue weighted by molar-refractivity contribution is 5.99. The van der Waals surface area contributed by atoms with Crippen LogP contribution in [0.25, 0.3) is 0 Å². The third-order valence-corrected chi connectivity index (χ3v) is 7.01. The van der Waals surface area contributed by atoms with Crippen LogP contribution in [0.4, 0.5) is 5.69 Å². The third-order valence-electron chi connectivity index (χ3n) is 7.01. The molecule has 0 radical (unpaired) electrons. The minimum atomic E-state index is -0.0973. The molecular weight excluding hydrogens is 466 g/mol. The van der Waals surface area contributed by atoms with Crippen molar-refractivity contribution in [3.63, 3.8) is 0 Å². The molecule has 1 atom stereocenters. The van der Waals surface area contributed by atoms with E-state index in [1.165, 1.54) is 5.01 Å². The fraction of sp³-hybridized carbons (Fsp3) is 0.448. The normalized spacial score (nSPS) is 21.6. The van der Waals surface area contributed by atoms with Gasteiger partial charge in [-0.15, -0.1) is 0 Å². The molecule has 0 fully saturated rings. The monoisotopic (exact) mass is 505 g/mol. The molecule has 0 aromatic heterocycles. The molecule has 1 unspecified atom stereocenters. The topological polar surface area (TPSA) is 83.6 Å². The molecule has 1 aromatic rings. The van der Waals surface area contributed by atoms with Crippen LogP contribution in [-0.2, 0) is 9.53 Å². The molecule has 8 heteroatoms. The summed E-state index contributed by atoms with van der Waals surface area (Å²) in [4.78, 5) is 22.4. The average Bonchev–Trinajstić information content (AvgIpc) is 2.92. The van der Waals surface area contributed by atoms with Gasteiger partial charge in [-0.2, -0.15) is 0 Å². The van der Waals surface area contributed by atoms with Crippen molar-refractivity contribution in [2.75, 3.05) is 38.4 Å². The van der Waals surface area contributed by atoms with Crippen molar-refractivity contribution >= 4 is 17.9 Å². The van der Waals surface area contributed by atoms with Gasteiger partial charge >= 0.3 is 0 Å². The second-order valence-corrected chi connectivity index (χ2v) is 9.49. The molecule has 2 heterocycles. The van der Waals surface area contributed by atoms with E-state index in [2.05, 4.69) is 41.1 Å². The summed E-state index contributed by atoms with van der Waals surface area (Å²) in [7, 11) is 1.63. The Labute approximate surface area is 220 Å². The largest absolute Gasteiger partial charge is 0.497 e. The maximum atomic E-state index is 14.0. The number of hydrogen-bond acceptors (Lipinski definition) is 7. The number of rotatable bonds is 9. The second kappa shape index (κ2) is 12.7. The molecule has 0 bridgehead atoms. The summed E-state index contributed by atoms with van der Waals surface area (Å²) >= 11 is 0. The summed E-state index contributed by atoms with van der Waals surface area (Å²) in [5.41, 5.74) is 4.27. The molecule has 198 valence electrons. The highest BCUT2D eigenvalue weighted by atomic mass is 16.5. The van der Waals surface area contributed by atoms with E-state index in [-0.39, 0.29) is 12.0 Å². The van der Waals surface area contributed by atoms with Gasteiger partial charge in [-0.1, -0.05) is 25.2 Å². The molecule has 4 rings (SSSR count). The molecule has 0 saturated carbocycles. The number of nitrogens with zero attached hydrogens (tertiary/aromatic N) is 4. The van der Waals surface area contributed by atoms with Gasteiger partial charge in [0.2, 0.25) is 0 Å². The molecule has 3 aliphatic rings. The van der Waals surface area contributed by atoms with Gasteiger partial charge < -0.3 is 19.3 Å². The summed E-state index contributed by atoms with van der Waals surface area (Å²) in [5.74, 6) is 7.24. The maximum absolute atomic E-state index is 14.0. The first kappa shape index (κ1) is 26.7. The van der Waals surface area contributed by atoms with Crippen LogP contribution < -0.4 is 15.6 Å². The van der Waals surface area contributed by atoms with E-state index in [0.717, 1.165) is 55.1 Å². The highest BCUT2D eigenvalue weighted by Crippen LogP contribution is 2.30. The number of allylic oxidation sites excluding steroid dienone is 4. The molecule has 37 heavy (non-hydrogen) atoms. The minimum Gasteiger partial charge on any atom is -0.497 e. The number of nitrogens with two attached hydrogens (primary N) is 1. The first-order valence-electron chi connectivity index (χ1n) is 13.2. The summed E-state index contributed by atoms with van der Waals surface area (Å²) < 4.78 is 11.3. The van der Waals surface area contributed by atoms with Gasteiger partial charge in [0.1, 0.15) is 11.4 Å². The number of methoxy groups -OCH3 is 1. The van der Waals surface area contributed by atoms with Gasteiger partial charge in [0, 0.05) is 37.4 Å². The van der Waals surface area contributed by atoms with Gasteiger partial charge in [-0.3, -0.25) is 14.8 Å². The number of amides is 1. The fourth-order valence-electron chi connectivity index (χ4n) is 4.61. The molecule has 2 aliphatic heterocycles. The first-order valence-corrected chi connectivity index (χ1v) is 13.2. The number of carbonyl (C=O) groups is 1. The Morgan fingerprint density at radius 1 is 1.19 bits per heavy atom. The summed E-state index contributed by atoms with van der Waals surface area (Å²) in [5, 5.41) is 1.50. The Morgan fingerprint density at radius 2 is 2.00 bits per heavy atom. The predicted molar refractivity (Wildman–Crippen MR) is 148 cm³/mol. The van der Waals surface area contributed by atoms with Gasteiger partial charge in [0.05, 0.1) is 31.8 Å². The molecule has 8 nitrogen and oxygen atoms in total. The van der Waals surface area contributed by atoms with Crippen molar-refractivity contribution in [2.24, 2.45) is 10.8 Å². The van der Waals surface area contributed by atoms with Crippen LogP contribution in [0.2, 0.25) is 0 Å². The number of benzene rings is 1. The fourth-order valence-corrected chi connectivity index (χ4v) is 4.61. The van der Waals surface area contributed by atoms with Crippen molar-refractivity contribution in [3.8, 4) is 5.75 Å². The van der Waals surface area contributed by atoms with Crippen molar-refractivity contribution in [1.82, 2.24) is 9.80 Å². The van der Waals surface area contributed by atoms with E-state index in [9.17, 15) is 4.79 Å². The number of hydrogen-bond donors (Lipinski definition) is 1. The first-order chi connectivity index (χ1) is 18.0. The zero-order valence-corrected chi connectivity index (χ0v) is 22.2. The quantitative estimate of drug-likeness (QED) is 0.392. The van der Waals surface area contributed by atoms with Crippen molar-refractivity contribution in [1.29, 1.82) is 0 Å². The zero-order chi connectivity index (χ0) is 26.2. The standard InChI is InChI=1S/C29H39N5O3/c1-4-22(2)37-20-23-16-19-33(29(35)28(23)34(30)26-12-14-27(36-3)15-13-26)25-10-5-8-24(9-6-11-25)32-18-7-17-31-21-32/h5,8-9,11-15,21-22H,4,6-7,10,16-20,30H2,1-3H3/b8-5-,24-9?,25-11+. The number of anilines is 1. The Bertz CT molecular complexity index is 1100. The van der Waals surface area contributed by atoms with Crippen LogP contribution >= 0.6 is 0 Å². The van der Waals surface area contributed by atoms with Gasteiger partial charge in [0.15, 0.2) is 0 Å². The van der Waals surface area contributed by atoms with Crippen molar-refractivity contribution in [2.45, 2.75) is 52.1 Å². The second-order valence-electron chi connectivity index (χ2n) is 9.49. The minimum absolute atomic E-state index is 0.0973. The van der Waals surface area contributed by atoms with Crippen LogP contribution in [0, 0.1) is 0 Å². The molecule has 1 aromatic carbocycles. The van der Waals surface area contributed by atoms with Gasteiger partial charge in [0.25, 0.3) is 5.91 Å². The zero-order valence-electron chi connectivity index (χ0n) is 22.2. The molecule has 2 N–H and O–H groups in total. The lowest BCUT2D eigenvalue weighted by atomic mass is 10.0.